The fraction of sp³-hybridized carbons (Fsp3) is 0.625. The number of urea groups is 1. The fourth-order valence-electron chi connectivity index (χ4n) is 2.52. The van der Waals surface area contributed by atoms with Crippen molar-refractivity contribution >= 4 is 6.03 Å². The molecule has 0 bridgehead atoms. The number of carbonyl (C=O) groups excluding carboxylic acids is 1. The SMILES string of the molecule is CCCO[C@@H]1CCCN(C(=O)NCc2ncccc2C)C1. The third-order valence-electron chi connectivity index (χ3n) is 3.75. The average molecular weight is 291 g/mol. The maximum absolute atomic E-state index is 12.2. The molecule has 0 aliphatic carbocycles. The van der Waals surface area contributed by atoms with Gasteiger partial charge in [0, 0.05) is 25.9 Å². The molecular formula is C16H25N3O2. The molecule has 2 rings (SSSR count). The van der Waals surface area contributed by atoms with Crippen LogP contribution in [0.1, 0.15) is 37.4 Å². The van der Waals surface area contributed by atoms with E-state index in [0.29, 0.717) is 13.1 Å². The Hall–Kier alpha value is -1.62. The van der Waals surface area contributed by atoms with Crippen LogP contribution in [0.5, 0.6) is 0 Å². The highest BCUT2D eigenvalue weighted by molar-refractivity contribution is 5.74. The van der Waals surface area contributed by atoms with Crippen LogP contribution < -0.4 is 5.32 Å². The number of piperidine rings is 1. The Morgan fingerprint density at radius 2 is 2.43 bits per heavy atom. The van der Waals surface area contributed by atoms with Gasteiger partial charge in [-0.2, -0.15) is 0 Å². The first-order valence-electron chi connectivity index (χ1n) is 7.75. The van der Waals surface area contributed by atoms with Crippen LogP contribution >= 0.6 is 0 Å². The monoisotopic (exact) mass is 291 g/mol. The molecule has 116 valence electrons. The molecule has 1 saturated heterocycles. The zero-order valence-corrected chi connectivity index (χ0v) is 13.0. The molecule has 1 aliphatic heterocycles. The first-order valence-corrected chi connectivity index (χ1v) is 7.75. The van der Waals surface area contributed by atoms with E-state index >= 15 is 0 Å². The third kappa shape index (κ3) is 4.70. The van der Waals surface area contributed by atoms with Gasteiger partial charge in [-0.25, -0.2) is 4.79 Å². The fourth-order valence-corrected chi connectivity index (χ4v) is 2.52. The minimum atomic E-state index is -0.0233. The second kappa shape index (κ2) is 7.98. The van der Waals surface area contributed by atoms with Crippen molar-refractivity contribution in [3.8, 4) is 0 Å². The highest BCUT2D eigenvalue weighted by atomic mass is 16.5. The molecule has 21 heavy (non-hydrogen) atoms. The van der Waals surface area contributed by atoms with E-state index in [2.05, 4.69) is 17.2 Å². The molecule has 1 fully saturated rings. The number of pyridine rings is 1. The van der Waals surface area contributed by atoms with Gasteiger partial charge in [0.15, 0.2) is 0 Å². The van der Waals surface area contributed by atoms with Crippen LogP contribution in [-0.2, 0) is 11.3 Å². The van der Waals surface area contributed by atoms with Crippen LogP contribution in [-0.4, -0.2) is 41.7 Å². The minimum Gasteiger partial charge on any atom is -0.376 e. The Kier molecular flexibility index (Phi) is 5.99. The summed E-state index contributed by atoms with van der Waals surface area (Å²) >= 11 is 0. The topological polar surface area (TPSA) is 54.5 Å². The van der Waals surface area contributed by atoms with Crippen LogP contribution in [0, 0.1) is 6.92 Å². The molecule has 0 radical (unpaired) electrons. The maximum atomic E-state index is 12.2. The Morgan fingerprint density at radius 1 is 1.57 bits per heavy atom. The summed E-state index contributed by atoms with van der Waals surface area (Å²) < 4.78 is 5.76. The first kappa shape index (κ1) is 15.8. The highest BCUT2D eigenvalue weighted by Gasteiger charge is 2.23. The molecule has 1 N–H and O–H groups in total. The lowest BCUT2D eigenvalue weighted by atomic mass is 10.1. The quantitative estimate of drug-likeness (QED) is 0.907. The van der Waals surface area contributed by atoms with E-state index < -0.39 is 0 Å². The number of aryl methyl sites for hydroxylation is 1. The standard InChI is InChI=1S/C16H25N3O2/c1-3-10-21-14-7-5-9-19(12-14)16(20)18-11-15-13(2)6-4-8-17-15/h4,6,8,14H,3,5,7,9-12H2,1-2H3,(H,18,20)/t14-/m1/s1. The number of likely N-dealkylation sites (tertiary alicyclic amines) is 1. The Labute approximate surface area is 126 Å². The van der Waals surface area contributed by atoms with Crippen molar-refractivity contribution in [3.63, 3.8) is 0 Å². The zero-order valence-electron chi connectivity index (χ0n) is 13.0. The van der Waals surface area contributed by atoms with Crippen molar-refractivity contribution in [2.75, 3.05) is 19.7 Å². The minimum absolute atomic E-state index is 0.0233. The molecule has 2 amide bonds. The molecular weight excluding hydrogens is 266 g/mol. The van der Waals surface area contributed by atoms with Gasteiger partial charge in [0.2, 0.25) is 0 Å². The van der Waals surface area contributed by atoms with E-state index in [1.807, 2.05) is 24.0 Å². The molecule has 5 nitrogen and oxygen atoms in total. The molecule has 1 aromatic heterocycles. The number of nitrogens with one attached hydrogen (secondary N) is 1. The van der Waals surface area contributed by atoms with Crippen molar-refractivity contribution < 1.29 is 9.53 Å². The van der Waals surface area contributed by atoms with Crippen molar-refractivity contribution in [2.45, 2.75) is 45.8 Å². The molecule has 0 aromatic carbocycles. The molecule has 0 unspecified atom stereocenters. The normalized spacial score (nSPS) is 18.6. The number of ether oxygens (including phenoxy) is 1. The van der Waals surface area contributed by atoms with Gasteiger partial charge in [0.1, 0.15) is 0 Å². The number of rotatable bonds is 5. The summed E-state index contributed by atoms with van der Waals surface area (Å²) in [6, 6.07) is 3.88. The van der Waals surface area contributed by atoms with Crippen LogP contribution in [0.2, 0.25) is 0 Å². The lowest BCUT2D eigenvalue weighted by Crippen LogP contribution is -2.47. The van der Waals surface area contributed by atoms with Crippen molar-refractivity contribution in [1.82, 2.24) is 15.2 Å². The Balaban J connectivity index is 1.81. The molecule has 1 aliphatic rings. The molecule has 1 aromatic rings. The van der Waals surface area contributed by atoms with E-state index in [9.17, 15) is 4.79 Å². The number of hydrogen-bond donors (Lipinski definition) is 1. The predicted molar refractivity (Wildman–Crippen MR) is 82.0 cm³/mol. The van der Waals surface area contributed by atoms with Gasteiger partial charge < -0.3 is 15.0 Å². The lowest BCUT2D eigenvalue weighted by molar-refractivity contribution is 0.01000. The van der Waals surface area contributed by atoms with Crippen molar-refractivity contribution in [3.05, 3.63) is 29.6 Å². The Bertz CT molecular complexity index is 465. The molecule has 5 heteroatoms. The van der Waals surface area contributed by atoms with E-state index in [4.69, 9.17) is 4.74 Å². The molecule has 2 heterocycles. The summed E-state index contributed by atoms with van der Waals surface area (Å²) in [6.45, 7) is 6.84. The van der Waals surface area contributed by atoms with Gasteiger partial charge in [-0.05, 0) is 37.8 Å². The van der Waals surface area contributed by atoms with E-state index in [1.165, 1.54) is 0 Å². The summed E-state index contributed by atoms with van der Waals surface area (Å²) in [5, 5.41) is 2.96. The number of aromatic nitrogens is 1. The van der Waals surface area contributed by atoms with Crippen molar-refractivity contribution in [2.24, 2.45) is 0 Å². The number of hydrogen-bond acceptors (Lipinski definition) is 3. The van der Waals surface area contributed by atoms with Gasteiger partial charge in [0.25, 0.3) is 0 Å². The van der Waals surface area contributed by atoms with E-state index in [0.717, 1.165) is 43.7 Å². The van der Waals surface area contributed by atoms with Gasteiger partial charge in [-0.15, -0.1) is 0 Å². The summed E-state index contributed by atoms with van der Waals surface area (Å²) in [5.74, 6) is 0. The second-order valence-corrected chi connectivity index (χ2v) is 5.51. The van der Waals surface area contributed by atoms with Crippen LogP contribution in [0.3, 0.4) is 0 Å². The number of amides is 2. The zero-order chi connectivity index (χ0) is 15.1. The first-order chi connectivity index (χ1) is 10.2. The lowest BCUT2D eigenvalue weighted by Gasteiger charge is -2.32. The summed E-state index contributed by atoms with van der Waals surface area (Å²) in [4.78, 5) is 18.4. The van der Waals surface area contributed by atoms with Gasteiger partial charge in [0.05, 0.1) is 18.3 Å². The molecule has 0 saturated carbocycles. The average Bonchev–Trinajstić information content (AvgIpc) is 2.52. The smallest absolute Gasteiger partial charge is 0.317 e. The van der Waals surface area contributed by atoms with Crippen LogP contribution in [0.15, 0.2) is 18.3 Å². The summed E-state index contributed by atoms with van der Waals surface area (Å²) in [5.41, 5.74) is 2.02. The number of nitrogens with zero attached hydrogens (tertiary/aromatic N) is 2. The largest absolute Gasteiger partial charge is 0.376 e. The summed E-state index contributed by atoms with van der Waals surface area (Å²) in [6.07, 6.45) is 5.00. The third-order valence-corrected chi connectivity index (χ3v) is 3.75. The van der Waals surface area contributed by atoms with Crippen LogP contribution in [0.25, 0.3) is 0 Å². The molecule has 1 atom stereocenters. The van der Waals surface area contributed by atoms with Crippen LogP contribution in [0.4, 0.5) is 4.79 Å². The summed E-state index contributed by atoms with van der Waals surface area (Å²) in [7, 11) is 0. The van der Waals surface area contributed by atoms with Crippen molar-refractivity contribution in [1.29, 1.82) is 0 Å². The van der Waals surface area contributed by atoms with Gasteiger partial charge in [-0.1, -0.05) is 13.0 Å². The maximum Gasteiger partial charge on any atom is 0.317 e. The predicted octanol–water partition coefficient (Wildman–Crippen LogP) is 2.49. The number of carbonyl (C=O) groups is 1. The van der Waals surface area contributed by atoms with Gasteiger partial charge in [-0.3, -0.25) is 4.98 Å². The van der Waals surface area contributed by atoms with E-state index in [1.54, 1.807) is 6.20 Å². The molecule has 0 spiro atoms. The Morgan fingerprint density at radius 3 is 3.19 bits per heavy atom. The van der Waals surface area contributed by atoms with E-state index in [-0.39, 0.29) is 12.1 Å². The van der Waals surface area contributed by atoms with Gasteiger partial charge >= 0.3 is 6.03 Å². The highest BCUT2D eigenvalue weighted by Crippen LogP contribution is 2.14. The second-order valence-electron chi connectivity index (χ2n) is 5.51.